The number of fused-ring (bicyclic) bond motifs is 1. The molecule has 4 heterocycles. The molecule has 5 rings (SSSR count). The number of aromatic nitrogens is 4. The van der Waals surface area contributed by atoms with Crippen molar-refractivity contribution in [2.75, 3.05) is 38.1 Å². The van der Waals surface area contributed by atoms with Crippen LogP contribution >= 0.6 is 11.8 Å². The quantitative estimate of drug-likeness (QED) is 0.279. The third-order valence-electron chi connectivity index (χ3n) is 5.93. The van der Waals surface area contributed by atoms with Gasteiger partial charge >= 0.3 is 0 Å². The van der Waals surface area contributed by atoms with E-state index >= 15 is 0 Å². The summed E-state index contributed by atoms with van der Waals surface area (Å²) in [6, 6.07) is 11.8. The van der Waals surface area contributed by atoms with Crippen LogP contribution in [0.5, 0.6) is 0 Å². The van der Waals surface area contributed by atoms with Crippen molar-refractivity contribution in [2.24, 2.45) is 7.05 Å². The number of nitrogens with one attached hydrogen (secondary N) is 2. The van der Waals surface area contributed by atoms with Gasteiger partial charge in [-0.25, -0.2) is 0 Å². The molecule has 9 heteroatoms. The lowest BCUT2D eigenvalue weighted by molar-refractivity contribution is 0.313. The average molecular weight is 459 g/mol. The highest BCUT2D eigenvalue weighted by atomic mass is 32.2. The maximum Gasteiger partial charge on any atom is 0.171 e. The predicted octanol–water partition coefficient (Wildman–Crippen LogP) is 3.24. The summed E-state index contributed by atoms with van der Waals surface area (Å²) in [6.07, 6.45) is 7.49. The van der Waals surface area contributed by atoms with Crippen molar-refractivity contribution in [2.45, 2.75) is 4.90 Å². The summed E-state index contributed by atoms with van der Waals surface area (Å²) in [6.45, 7) is 4.10. The van der Waals surface area contributed by atoms with E-state index in [9.17, 15) is 0 Å². The molecule has 33 heavy (non-hydrogen) atoms. The van der Waals surface area contributed by atoms with Gasteiger partial charge in [-0.1, -0.05) is 11.8 Å². The Balaban J connectivity index is 1.39. The number of hydrogen-bond acceptors (Lipinski definition) is 7. The molecule has 1 aliphatic heterocycles. The third-order valence-corrected chi connectivity index (χ3v) is 6.81. The van der Waals surface area contributed by atoms with Crippen LogP contribution in [-0.4, -0.2) is 62.6 Å². The highest BCUT2D eigenvalue weighted by Gasteiger charge is 2.15. The Bertz CT molecular complexity index is 1380. The van der Waals surface area contributed by atoms with Gasteiger partial charge in [-0.2, -0.15) is 5.10 Å². The Labute approximate surface area is 196 Å². The number of aryl methyl sites for hydroxylation is 1. The Morgan fingerprint density at radius 3 is 2.52 bits per heavy atom. The van der Waals surface area contributed by atoms with Gasteiger partial charge in [0.05, 0.1) is 23.6 Å². The fourth-order valence-electron chi connectivity index (χ4n) is 3.97. The van der Waals surface area contributed by atoms with E-state index in [2.05, 4.69) is 39.1 Å². The molecule has 0 radical (unpaired) electrons. The van der Waals surface area contributed by atoms with E-state index in [4.69, 9.17) is 10.8 Å². The number of piperazine rings is 1. The van der Waals surface area contributed by atoms with Gasteiger partial charge in [0, 0.05) is 67.0 Å². The number of hydrogen-bond donors (Lipinski definition) is 2. The molecule has 0 amide bonds. The lowest BCUT2D eigenvalue weighted by Crippen LogP contribution is -2.44. The fraction of sp³-hybridized carbons (Fsp3) is 0.250. The van der Waals surface area contributed by atoms with Gasteiger partial charge in [0.2, 0.25) is 0 Å². The summed E-state index contributed by atoms with van der Waals surface area (Å²) >= 11 is 1.33. The number of nitrogens with zero attached hydrogens (tertiary/aromatic N) is 6. The van der Waals surface area contributed by atoms with E-state index in [-0.39, 0.29) is 10.7 Å². The van der Waals surface area contributed by atoms with E-state index in [1.807, 2.05) is 43.8 Å². The van der Waals surface area contributed by atoms with E-state index < -0.39 is 0 Å². The van der Waals surface area contributed by atoms with E-state index in [1.165, 1.54) is 11.8 Å². The number of anilines is 1. The predicted molar refractivity (Wildman–Crippen MR) is 133 cm³/mol. The summed E-state index contributed by atoms with van der Waals surface area (Å²) in [5.74, 6) is 0. The number of thioether (sulfide) groups is 1. The minimum absolute atomic E-state index is 0.264. The fourth-order valence-corrected chi connectivity index (χ4v) is 4.76. The van der Waals surface area contributed by atoms with Crippen LogP contribution in [0.3, 0.4) is 0 Å². The van der Waals surface area contributed by atoms with Gasteiger partial charge in [0.15, 0.2) is 5.17 Å². The van der Waals surface area contributed by atoms with Crippen LogP contribution < -0.4 is 10.4 Å². The number of rotatable bonds is 3. The molecule has 0 saturated carbocycles. The Morgan fingerprint density at radius 2 is 1.76 bits per heavy atom. The van der Waals surface area contributed by atoms with Crippen LogP contribution in [0.25, 0.3) is 22.0 Å². The third kappa shape index (κ3) is 4.55. The van der Waals surface area contributed by atoms with Crippen LogP contribution in [0, 0.1) is 10.8 Å². The average Bonchev–Trinajstić information content (AvgIpc) is 3.25. The summed E-state index contributed by atoms with van der Waals surface area (Å²) in [5.41, 5.74) is 4.22. The van der Waals surface area contributed by atoms with Crippen LogP contribution in [0.15, 0.2) is 66.1 Å². The highest BCUT2D eigenvalue weighted by Crippen LogP contribution is 2.27. The molecule has 1 aliphatic rings. The molecule has 0 spiro atoms. The standard InChI is InChI=1S/C24H26N8S/c1-29-7-9-31(10-8-29)20-11-18-12-21(4-5-22(18)27-14-20)33-24(26)32-16-17(3-6-23(32)25)19-13-28-30(2)15-19/h3-6,11-16,25-26H,7-10H2,1-2H3. The van der Waals surface area contributed by atoms with Gasteiger partial charge in [0.25, 0.3) is 0 Å². The van der Waals surface area contributed by atoms with Gasteiger partial charge < -0.3 is 9.80 Å². The molecular weight excluding hydrogens is 432 g/mol. The molecular formula is C24H26N8S. The number of pyridine rings is 2. The Hall–Kier alpha value is -3.43. The zero-order valence-corrected chi connectivity index (χ0v) is 19.5. The van der Waals surface area contributed by atoms with Crippen molar-refractivity contribution < 1.29 is 0 Å². The summed E-state index contributed by atoms with van der Waals surface area (Å²) in [5, 5.41) is 22.5. The SMILES string of the molecule is CN1CCN(c2cnc3ccc(SC(=N)n4cc(-c5cnn(C)c5)ccc4=N)cc3c2)CC1. The second-order valence-electron chi connectivity index (χ2n) is 8.32. The molecule has 1 fully saturated rings. The van der Waals surface area contributed by atoms with Crippen molar-refractivity contribution in [1.82, 2.24) is 24.2 Å². The van der Waals surface area contributed by atoms with Crippen molar-refractivity contribution >= 4 is 33.5 Å². The Kier molecular flexibility index (Phi) is 5.74. The van der Waals surface area contributed by atoms with Crippen LogP contribution in [-0.2, 0) is 7.05 Å². The van der Waals surface area contributed by atoms with E-state index in [0.717, 1.165) is 58.8 Å². The minimum atomic E-state index is 0.264. The zero-order chi connectivity index (χ0) is 22.9. The lowest BCUT2D eigenvalue weighted by Gasteiger charge is -2.33. The van der Waals surface area contributed by atoms with Crippen molar-refractivity contribution in [3.63, 3.8) is 0 Å². The van der Waals surface area contributed by atoms with E-state index in [1.54, 1.807) is 21.5 Å². The molecule has 0 aliphatic carbocycles. The molecule has 0 bridgehead atoms. The maximum atomic E-state index is 8.66. The summed E-state index contributed by atoms with van der Waals surface area (Å²) in [7, 11) is 4.03. The first kappa shape index (κ1) is 21.4. The molecule has 2 N–H and O–H groups in total. The summed E-state index contributed by atoms with van der Waals surface area (Å²) in [4.78, 5) is 10.3. The van der Waals surface area contributed by atoms with Crippen LogP contribution in [0.1, 0.15) is 0 Å². The first-order valence-electron chi connectivity index (χ1n) is 10.8. The topological polar surface area (TPSA) is 89.8 Å². The largest absolute Gasteiger partial charge is 0.368 e. The van der Waals surface area contributed by atoms with Gasteiger partial charge in [-0.05, 0) is 43.4 Å². The van der Waals surface area contributed by atoms with Gasteiger partial charge in [0.1, 0.15) is 5.49 Å². The van der Waals surface area contributed by atoms with Crippen molar-refractivity contribution in [3.05, 3.63) is 66.7 Å². The highest BCUT2D eigenvalue weighted by molar-refractivity contribution is 8.13. The molecule has 8 nitrogen and oxygen atoms in total. The van der Waals surface area contributed by atoms with Gasteiger partial charge in [-0.15, -0.1) is 0 Å². The number of likely N-dealkylation sites (N-methyl/N-ethyl adjacent to an activating group) is 1. The molecule has 3 aromatic heterocycles. The molecule has 0 atom stereocenters. The molecule has 1 aromatic carbocycles. The summed E-state index contributed by atoms with van der Waals surface area (Å²) < 4.78 is 3.34. The minimum Gasteiger partial charge on any atom is -0.368 e. The van der Waals surface area contributed by atoms with Crippen molar-refractivity contribution in [1.29, 1.82) is 10.8 Å². The molecule has 1 saturated heterocycles. The normalized spacial score (nSPS) is 14.7. The second kappa shape index (κ2) is 8.84. The maximum absolute atomic E-state index is 8.66. The smallest absolute Gasteiger partial charge is 0.171 e. The first-order chi connectivity index (χ1) is 16.0. The first-order valence-corrected chi connectivity index (χ1v) is 11.6. The molecule has 4 aromatic rings. The zero-order valence-electron chi connectivity index (χ0n) is 18.7. The second-order valence-corrected chi connectivity index (χ2v) is 9.38. The lowest BCUT2D eigenvalue weighted by atomic mass is 10.2. The van der Waals surface area contributed by atoms with Crippen LogP contribution in [0.2, 0.25) is 0 Å². The monoisotopic (exact) mass is 458 g/mol. The Morgan fingerprint density at radius 1 is 0.939 bits per heavy atom. The van der Waals surface area contributed by atoms with Crippen LogP contribution in [0.4, 0.5) is 5.69 Å². The molecule has 168 valence electrons. The van der Waals surface area contributed by atoms with Crippen molar-refractivity contribution in [3.8, 4) is 11.1 Å². The molecule has 0 unspecified atom stereocenters. The van der Waals surface area contributed by atoms with E-state index in [0.29, 0.717) is 0 Å². The van der Waals surface area contributed by atoms with Gasteiger partial charge in [-0.3, -0.25) is 25.1 Å². The number of benzene rings is 1.